The van der Waals surface area contributed by atoms with E-state index < -0.39 is 0 Å². The summed E-state index contributed by atoms with van der Waals surface area (Å²) >= 11 is 0. The first-order valence-electron chi connectivity index (χ1n) is 15.4. The fourth-order valence-electron chi connectivity index (χ4n) is 6.47. The van der Waals surface area contributed by atoms with Gasteiger partial charge in [-0.1, -0.05) is 158 Å². The highest BCUT2D eigenvalue weighted by Crippen LogP contribution is 2.45. The lowest BCUT2D eigenvalue weighted by Crippen LogP contribution is -2.12. The van der Waals surface area contributed by atoms with Crippen molar-refractivity contribution in [3.63, 3.8) is 0 Å². The lowest BCUT2D eigenvalue weighted by atomic mass is 9.96. The Morgan fingerprint density at radius 1 is 0.289 bits per heavy atom. The normalized spacial score (nSPS) is 11.1. The predicted octanol–water partition coefficient (Wildman–Crippen LogP) is 12.5. The van der Waals surface area contributed by atoms with E-state index in [1.807, 2.05) is 0 Å². The molecule has 0 N–H and O–H groups in total. The molecule has 0 spiro atoms. The van der Waals surface area contributed by atoms with Crippen LogP contribution in [-0.2, 0) is 0 Å². The average molecular weight is 574 g/mol. The third-order valence-corrected chi connectivity index (χ3v) is 8.65. The van der Waals surface area contributed by atoms with E-state index in [1.54, 1.807) is 0 Å². The Morgan fingerprint density at radius 3 is 1.56 bits per heavy atom. The van der Waals surface area contributed by atoms with Gasteiger partial charge in [0.15, 0.2) is 0 Å². The molecule has 0 amide bonds. The second kappa shape index (κ2) is 11.6. The molecule has 8 aromatic carbocycles. The highest BCUT2D eigenvalue weighted by molar-refractivity contribution is 6.15. The molecule has 0 aromatic heterocycles. The summed E-state index contributed by atoms with van der Waals surface area (Å²) in [6.45, 7) is 0. The van der Waals surface area contributed by atoms with Crippen molar-refractivity contribution in [2.45, 2.75) is 0 Å². The van der Waals surface area contributed by atoms with E-state index in [9.17, 15) is 0 Å². The van der Waals surface area contributed by atoms with E-state index in [2.05, 4.69) is 193 Å². The van der Waals surface area contributed by atoms with Crippen molar-refractivity contribution >= 4 is 38.6 Å². The van der Waals surface area contributed by atoms with Crippen molar-refractivity contribution in [2.75, 3.05) is 4.90 Å². The number of fused-ring (bicyclic) bond motifs is 3. The van der Waals surface area contributed by atoms with Gasteiger partial charge in [-0.3, -0.25) is 0 Å². The molecule has 0 fully saturated rings. The first-order valence-corrected chi connectivity index (χ1v) is 15.4. The zero-order valence-corrected chi connectivity index (χ0v) is 24.8. The molecule has 0 aliphatic carbocycles. The van der Waals surface area contributed by atoms with Gasteiger partial charge in [0.05, 0.1) is 11.4 Å². The molecular formula is C44H31N. The molecule has 0 aliphatic heterocycles. The highest BCUT2D eigenvalue weighted by Gasteiger charge is 2.20. The Kier molecular flexibility index (Phi) is 6.90. The first kappa shape index (κ1) is 26.7. The summed E-state index contributed by atoms with van der Waals surface area (Å²) in [7, 11) is 0. The maximum absolute atomic E-state index is 2.43. The summed E-state index contributed by atoms with van der Waals surface area (Å²) in [5, 5.41) is 4.96. The molecule has 45 heavy (non-hydrogen) atoms. The van der Waals surface area contributed by atoms with Crippen molar-refractivity contribution in [3.8, 4) is 33.4 Å². The van der Waals surface area contributed by atoms with Gasteiger partial charge in [-0.2, -0.15) is 0 Å². The van der Waals surface area contributed by atoms with Crippen LogP contribution in [0.5, 0.6) is 0 Å². The SMILES string of the molecule is c1ccc(-c2cccc(-c3ccc(N(c4ccccc4-c4ccccc4)c4cc5ccccc5c5ccccc45)cc3)c2)cc1. The van der Waals surface area contributed by atoms with Crippen LogP contribution in [0.3, 0.4) is 0 Å². The van der Waals surface area contributed by atoms with Crippen molar-refractivity contribution in [3.05, 3.63) is 188 Å². The van der Waals surface area contributed by atoms with Gasteiger partial charge in [0.1, 0.15) is 0 Å². The first-order chi connectivity index (χ1) is 22.3. The summed E-state index contributed by atoms with van der Waals surface area (Å²) < 4.78 is 0. The van der Waals surface area contributed by atoms with Gasteiger partial charge in [0.25, 0.3) is 0 Å². The van der Waals surface area contributed by atoms with Gasteiger partial charge in [-0.05, 0) is 74.3 Å². The molecule has 0 atom stereocenters. The van der Waals surface area contributed by atoms with Crippen LogP contribution in [0.15, 0.2) is 188 Å². The number of hydrogen-bond acceptors (Lipinski definition) is 1. The minimum Gasteiger partial charge on any atom is -0.309 e. The van der Waals surface area contributed by atoms with Gasteiger partial charge in [0.2, 0.25) is 0 Å². The van der Waals surface area contributed by atoms with Crippen molar-refractivity contribution in [1.29, 1.82) is 0 Å². The Morgan fingerprint density at radius 2 is 0.822 bits per heavy atom. The Bertz CT molecular complexity index is 2250. The molecule has 0 saturated carbocycles. The van der Waals surface area contributed by atoms with Crippen LogP contribution in [0, 0.1) is 0 Å². The lowest BCUT2D eigenvalue weighted by Gasteiger charge is -2.29. The van der Waals surface area contributed by atoms with E-state index in [0.29, 0.717) is 0 Å². The second-order valence-electron chi connectivity index (χ2n) is 11.4. The van der Waals surface area contributed by atoms with Crippen LogP contribution in [0.1, 0.15) is 0 Å². The van der Waals surface area contributed by atoms with Crippen molar-refractivity contribution < 1.29 is 0 Å². The van der Waals surface area contributed by atoms with E-state index in [-0.39, 0.29) is 0 Å². The predicted molar refractivity (Wildman–Crippen MR) is 192 cm³/mol. The Balaban J connectivity index is 1.32. The number of hydrogen-bond donors (Lipinski definition) is 0. The standard InChI is InChI=1S/C44H31N/c1-3-14-32(15-4-1)35-19-13-20-36(30-35)33-26-28-38(29-27-33)45(43-25-12-11-22-40(43)34-16-5-2-6-17-34)44-31-37-18-7-8-21-39(37)41-23-9-10-24-42(41)44/h1-31H. The summed E-state index contributed by atoms with van der Waals surface area (Å²) in [6.07, 6.45) is 0. The largest absolute Gasteiger partial charge is 0.309 e. The van der Waals surface area contributed by atoms with Crippen LogP contribution >= 0.6 is 0 Å². The molecule has 8 aromatic rings. The Hall–Kier alpha value is -5.92. The third kappa shape index (κ3) is 5.05. The van der Waals surface area contributed by atoms with E-state index in [4.69, 9.17) is 0 Å². The number of rotatable bonds is 6. The van der Waals surface area contributed by atoms with Crippen LogP contribution in [0.4, 0.5) is 17.1 Å². The van der Waals surface area contributed by atoms with Crippen LogP contribution in [0.2, 0.25) is 0 Å². The summed E-state index contributed by atoms with van der Waals surface area (Å²) in [4.78, 5) is 2.43. The Labute approximate surface area is 264 Å². The number of anilines is 3. The molecule has 8 rings (SSSR count). The summed E-state index contributed by atoms with van der Waals surface area (Å²) in [5.41, 5.74) is 10.6. The molecule has 0 radical (unpaired) electrons. The van der Waals surface area contributed by atoms with E-state index in [1.165, 1.54) is 54.9 Å². The highest BCUT2D eigenvalue weighted by atomic mass is 15.1. The van der Waals surface area contributed by atoms with Gasteiger partial charge in [-0.25, -0.2) is 0 Å². The topological polar surface area (TPSA) is 3.24 Å². The van der Waals surface area contributed by atoms with E-state index >= 15 is 0 Å². The molecule has 212 valence electrons. The third-order valence-electron chi connectivity index (χ3n) is 8.65. The molecule has 1 heteroatoms. The zero-order chi connectivity index (χ0) is 30.0. The van der Waals surface area contributed by atoms with E-state index in [0.717, 1.165) is 17.1 Å². The number of benzene rings is 8. The fraction of sp³-hybridized carbons (Fsp3) is 0. The smallest absolute Gasteiger partial charge is 0.0546 e. The lowest BCUT2D eigenvalue weighted by molar-refractivity contribution is 1.30. The zero-order valence-electron chi connectivity index (χ0n) is 24.8. The second-order valence-corrected chi connectivity index (χ2v) is 11.4. The monoisotopic (exact) mass is 573 g/mol. The molecule has 0 saturated heterocycles. The quantitative estimate of drug-likeness (QED) is 0.179. The minimum absolute atomic E-state index is 1.11. The molecule has 0 unspecified atom stereocenters. The minimum atomic E-state index is 1.11. The molecule has 0 heterocycles. The van der Waals surface area contributed by atoms with Crippen molar-refractivity contribution in [2.24, 2.45) is 0 Å². The van der Waals surface area contributed by atoms with Crippen LogP contribution in [0.25, 0.3) is 54.9 Å². The summed E-state index contributed by atoms with van der Waals surface area (Å²) in [5.74, 6) is 0. The fourth-order valence-corrected chi connectivity index (χ4v) is 6.47. The van der Waals surface area contributed by atoms with Gasteiger partial charge in [0, 0.05) is 16.6 Å². The molecule has 1 nitrogen and oxygen atoms in total. The molecule has 0 aliphatic rings. The molecular weight excluding hydrogens is 542 g/mol. The molecule has 0 bridgehead atoms. The van der Waals surface area contributed by atoms with Gasteiger partial charge < -0.3 is 4.90 Å². The average Bonchev–Trinajstić information content (AvgIpc) is 3.13. The number of nitrogens with zero attached hydrogens (tertiary/aromatic N) is 1. The van der Waals surface area contributed by atoms with Gasteiger partial charge in [-0.15, -0.1) is 0 Å². The van der Waals surface area contributed by atoms with Gasteiger partial charge >= 0.3 is 0 Å². The van der Waals surface area contributed by atoms with Crippen LogP contribution in [-0.4, -0.2) is 0 Å². The van der Waals surface area contributed by atoms with Crippen molar-refractivity contribution in [1.82, 2.24) is 0 Å². The van der Waals surface area contributed by atoms with Crippen LogP contribution < -0.4 is 4.90 Å². The maximum atomic E-state index is 2.43. The summed E-state index contributed by atoms with van der Waals surface area (Å²) in [6, 6.07) is 67.6. The maximum Gasteiger partial charge on any atom is 0.0546 e. The number of para-hydroxylation sites is 1.